The van der Waals surface area contributed by atoms with Crippen LogP contribution in [0, 0.1) is 13.8 Å². The van der Waals surface area contributed by atoms with Crippen LogP contribution in [0.4, 0.5) is 5.69 Å². The summed E-state index contributed by atoms with van der Waals surface area (Å²) in [6.07, 6.45) is 0. The number of aromatic nitrogens is 2. The molecule has 1 aliphatic heterocycles. The van der Waals surface area contributed by atoms with E-state index in [9.17, 15) is 14.4 Å². The highest BCUT2D eigenvalue weighted by molar-refractivity contribution is 6.31. The molecule has 2 heterocycles. The average Bonchev–Trinajstić information content (AvgIpc) is 3.51. The van der Waals surface area contributed by atoms with E-state index >= 15 is 0 Å². The largest absolute Gasteiger partial charge is 0.496 e. The number of fused-ring (bicyclic) bond motifs is 1. The molecule has 0 fully saturated rings. The van der Waals surface area contributed by atoms with Gasteiger partial charge in [-0.1, -0.05) is 41.4 Å². The number of aryl methyl sites for hydroxylation is 2. The van der Waals surface area contributed by atoms with Crippen molar-refractivity contribution in [3.63, 3.8) is 0 Å². The predicted octanol–water partition coefficient (Wildman–Crippen LogP) is 6.99. The van der Waals surface area contributed by atoms with E-state index in [1.54, 1.807) is 24.1 Å². The second kappa shape index (κ2) is 12.9. The van der Waals surface area contributed by atoms with E-state index in [0.717, 1.165) is 27.9 Å². The minimum atomic E-state index is -0.531. The number of hydrogen-bond donors (Lipinski definition) is 1. The molecule has 5 rings (SSSR count). The molecule has 45 heavy (non-hydrogen) atoms. The molecule has 0 saturated carbocycles. The predicted molar refractivity (Wildman–Crippen MR) is 174 cm³/mol. The van der Waals surface area contributed by atoms with E-state index < -0.39 is 17.9 Å². The maximum atomic E-state index is 14.4. The van der Waals surface area contributed by atoms with Gasteiger partial charge in [-0.25, -0.2) is 4.98 Å². The van der Waals surface area contributed by atoms with Crippen molar-refractivity contribution in [2.24, 2.45) is 0 Å². The molecule has 1 aliphatic rings. The Morgan fingerprint density at radius 1 is 1.00 bits per heavy atom. The SMILES string of the molecule is COc1ccc(CNC(=O)COC(C)=O)cc1-c1nc2c(n1C(C)C)C(c1ccc(Cl)cc1C)N(c1cc(Cl)ccc1C)C2=O. The Morgan fingerprint density at radius 3 is 2.38 bits per heavy atom. The Kier molecular flexibility index (Phi) is 9.23. The Hall–Kier alpha value is -4.34. The number of carbonyl (C=O) groups excluding carboxylic acids is 3. The van der Waals surface area contributed by atoms with E-state index in [0.29, 0.717) is 38.6 Å². The second-order valence-corrected chi connectivity index (χ2v) is 12.1. The molecule has 1 aromatic heterocycles. The molecule has 234 valence electrons. The molecular formula is C34H34Cl2N4O5. The molecule has 0 aliphatic carbocycles. The minimum Gasteiger partial charge on any atom is -0.496 e. The van der Waals surface area contributed by atoms with Crippen LogP contribution < -0.4 is 15.0 Å². The van der Waals surface area contributed by atoms with Crippen molar-refractivity contribution in [2.45, 2.75) is 53.2 Å². The zero-order chi connectivity index (χ0) is 32.6. The Morgan fingerprint density at radius 2 is 1.71 bits per heavy atom. The van der Waals surface area contributed by atoms with Gasteiger partial charge in [0.2, 0.25) is 0 Å². The van der Waals surface area contributed by atoms with E-state index in [1.807, 2.05) is 70.2 Å². The highest BCUT2D eigenvalue weighted by Gasteiger charge is 2.45. The van der Waals surface area contributed by atoms with Gasteiger partial charge in [-0.15, -0.1) is 0 Å². The number of ether oxygens (including phenoxy) is 2. The van der Waals surface area contributed by atoms with Gasteiger partial charge in [0.05, 0.1) is 18.4 Å². The number of nitrogens with one attached hydrogen (secondary N) is 1. The third-order valence-electron chi connectivity index (χ3n) is 7.76. The monoisotopic (exact) mass is 648 g/mol. The quantitative estimate of drug-likeness (QED) is 0.196. The van der Waals surface area contributed by atoms with Gasteiger partial charge in [0, 0.05) is 35.2 Å². The summed E-state index contributed by atoms with van der Waals surface area (Å²) in [5, 5.41) is 3.88. The topological polar surface area (TPSA) is 103 Å². The van der Waals surface area contributed by atoms with E-state index in [1.165, 1.54) is 6.92 Å². The van der Waals surface area contributed by atoms with Crippen molar-refractivity contribution >= 4 is 46.7 Å². The van der Waals surface area contributed by atoms with Crippen LogP contribution in [0.15, 0.2) is 54.6 Å². The van der Waals surface area contributed by atoms with Crippen LogP contribution >= 0.6 is 23.2 Å². The highest BCUT2D eigenvalue weighted by Crippen LogP contribution is 2.47. The van der Waals surface area contributed by atoms with Crippen molar-refractivity contribution in [1.82, 2.24) is 14.9 Å². The van der Waals surface area contributed by atoms with Crippen LogP contribution in [0.25, 0.3) is 11.4 Å². The summed E-state index contributed by atoms with van der Waals surface area (Å²) < 4.78 is 12.6. The molecule has 4 aromatic rings. The van der Waals surface area contributed by atoms with Gasteiger partial charge in [-0.3, -0.25) is 19.3 Å². The fraction of sp³-hybridized carbons (Fsp3) is 0.294. The number of methoxy groups -OCH3 is 1. The molecule has 1 atom stereocenters. The van der Waals surface area contributed by atoms with E-state index in [-0.39, 0.29) is 25.1 Å². The van der Waals surface area contributed by atoms with Crippen molar-refractivity contribution in [3.8, 4) is 17.1 Å². The molecule has 2 amide bonds. The average molecular weight is 650 g/mol. The third kappa shape index (κ3) is 6.28. The molecule has 11 heteroatoms. The summed E-state index contributed by atoms with van der Waals surface area (Å²) >= 11 is 12.8. The molecule has 0 saturated heterocycles. The Bertz CT molecular complexity index is 1820. The van der Waals surface area contributed by atoms with Crippen LogP contribution in [0.3, 0.4) is 0 Å². The molecule has 0 spiro atoms. The number of rotatable bonds is 9. The number of imidazole rings is 1. The van der Waals surface area contributed by atoms with Gasteiger partial charge >= 0.3 is 5.97 Å². The first-order valence-electron chi connectivity index (χ1n) is 14.5. The van der Waals surface area contributed by atoms with Gasteiger partial charge in [0.25, 0.3) is 11.8 Å². The smallest absolute Gasteiger partial charge is 0.303 e. The number of esters is 1. The zero-order valence-corrected chi connectivity index (χ0v) is 27.4. The highest BCUT2D eigenvalue weighted by atomic mass is 35.5. The summed E-state index contributed by atoms with van der Waals surface area (Å²) in [7, 11) is 1.57. The first-order valence-corrected chi connectivity index (χ1v) is 15.2. The number of halogens is 2. The van der Waals surface area contributed by atoms with Gasteiger partial charge in [0.15, 0.2) is 12.3 Å². The molecule has 3 aromatic carbocycles. The number of benzene rings is 3. The van der Waals surface area contributed by atoms with Crippen molar-refractivity contribution in [2.75, 3.05) is 18.6 Å². The summed E-state index contributed by atoms with van der Waals surface area (Å²) in [5.74, 6) is -0.0787. The lowest BCUT2D eigenvalue weighted by atomic mass is 9.97. The third-order valence-corrected chi connectivity index (χ3v) is 8.23. The number of anilines is 1. The normalized spacial score (nSPS) is 14.1. The lowest BCUT2D eigenvalue weighted by Gasteiger charge is -2.30. The van der Waals surface area contributed by atoms with Crippen LogP contribution in [0.2, 0.25) is 10.0 Å². The summed E-state index contributed by atoms with van der Waals surface area (Å²) in [6.45, 7) is 9.08. The standard InChI is InChI=1S/C34H34Cl2N4O5/c1-18(2)39-32-30(38-33(39)26-14-22(8-12-28(26)44-6)16-37-29(42)17-45-21(5)41)34(43)40(27-15-24(36)9-7-19(27)3)31(32)25-11-10-23(35)13-20(25)4/h7-15,18,31H,16-17H2,1-6H3,(H,37,42). The van der Waals surface area contributed by atoms with Gasteiger partial charge in [-0.05, 0) is 86.3 Å². The van der Waals surface area contributed by atoms with E-state index in [2.05, 4.69) is 9.88 Å². The number of hydrogen-bond acceptors (Lipinski definition) is 6. The van der Waals surface area contributed by atoms with Crippen LogP contribution in [0.1, 0.15) is 71.3 Å². The lowest BCUT2D eigenvalue weighted by molar-refractivity contribution is -0.146. The summed E-state index contributed by atoms with van der Waals surface area (Å²) in [6, 6.07) is 16.1. The van der Waals surface area contributed by atoms with Crippen molar-refractivity contribution < 1.29 is 23.9 Å². The molecule has 0 bridgehead atoms. The van der Waals surface area contributed by atoms with Gasteiger partial charge in [-0.2, -0.15) is 0 Å². The summed E-state index contributed by atoms with van der Waals surface area (Å²) in [5.41, 5.74) is 5.96. The second-order valence-electron chi connectivity index (χ2n) is 11.2. The molecule has 1 unspecified atom stereocenters. The number of amides is 2. The zero-order valence-electron chi connectivity index (χ0n) is 25.9. The molecule has 9 nitrogen and oxygen atoms in total. The van der Waals surface area contributed by atoms with Gasteiger partial charge < -0.3 is 19.4 Å². The first kappa shape index (κ1) is 32.1. The molecular weight excluding hydrogens is 615 g/mol. The fourth-order valence-corrected chi connectivity index (χ4v) is 6.10. The first-order chi connectivity index (χ1) is 21.4. The number of nitrogens with zero attached hydrogens (tertiary/aromatic N) is 3. The van der Waals surface area contributed by atoms with Crippen molar-refractivity contribution in [3.05, 3.63) is 98.3 Å². The Balaban J connectivity index is 1.67. The van der Waals surface area contributed by atoms with Gasteiger partial charge in [0.1, 0.15) is 17.6 Å². The van der Waals surface area contributed by atoms with Crippen molar-refractivity contribution in [1.29, 1.82) is 0 Å². The van der Waals surface area contributed by atoms with Crippen LogP contribution in [-0.2, 0) is 20.9 Å². The minimum absolute atomic E-state index is 0.101. The summed E-state index contributed by atoms with van der Waals surface area (Å²) in [4.78, 5) is 44.5. The van der Waals surface area contributed by atoms with Crippen LogP contribution in [0.5, 0.6) is 5.75 Å². The van der Waals surface area contributed by atoms with Crippen LogP contribution in [-0.4, -0.2) is 41.1 Å². The molecule has 1 N–H and O–H groups in total. The lowest BCUT2D eigenvalue weighted by Crippen LogP contribution is -2.31. The maximum Gasteiger partial charge on any atom is 0.303 e. The molecule has 0 radical (unpaired) electrons. The van der Waals surface area contributed by atoms with E-state index in [4.69, 9.17) is 37.7 Å². The maximum absolute atomic E-state index is 14.4. The Labute approximate surface area is 272 Å². The fourth-order valence-electron chi connectivity index (χ4n) is 5.71. The number of carbonyl (C=O) groups is 3.